The normalized spacial score (nSPS) is 15.9. The van der Waals surface area contributed by atoms with Crippen LogP contribution >= 0.6 is 11.8 Å². The Labute approximate surface area is 246 Å². The van der Waals surface area contributed by atoms with Crippen molar-refractivity contribution >= 4 is 22.5 Å². The summed E-state index contributed by atoms with van der Waals surface area (Å²) in [6, 6.07) is 46.0. The highest BCUT2D eigenvalue weighted by atomic mass is 32.2. The molecule has 0 N–H and O–H groups in total. The van der Waals surface area contributed by atoms with E-state index in [1.54, 1.807) is 11.1 Å². The molecule has 196 valence electrons. The SMILES string of the molecule is c1cc(-c2ccc3c(c2)-c2cccc4cccc(c24)S3)cc(-c2cccc3c2-c2ccccc2C32CCCCC2)c1. The maximum atomic E-state index is 2.42. The summed E-state index contributed by atoms with van der Waals surface area (Å²) in [5, 5.41) is 2.70. The lowest BCUT2D eigenvalue weighted by molar-refractivity contribution is 0.353. The molecule has 9 rings (SSSR count). The Morgan fingerprint density at radius 1 is 0.463 bits per heavy atom. The highest BCUT2D eigenvalue weighted by molar-refractivity contribution is 7.99. The highest BCUT2D eigenvalue weighted by Crippen LogP contribution is 2.58. The smallest absolute Gasteiger partial charge is 0.0215 e. The van der Waals surface area contributed by atoms with Crippen LogP contribution in [0.3, 0.4) is 0 Å². The first-order valence-corrected chi connectivity index (χ1v) is 15.8. The molecule has 6 aromatic rings. The summed E-state index contributed by atoms with van der Waals surface area (Å²) >= 11 is 1.90. The third-order valence-corrected chi connectivity index (χ3v) is 11.0. The van der Waals surface area contributed by atoms with Gasteiger partial charge in [0.2, 0.25) is 0 Å². The second kappa shape index (κ2) is 8.96. The van der Waals surface area contributed by atoms with Gasteiger partial charge >= 0.3 is 0 Å². The lowest BCUT2D eigenvalue weighted by atomic mass is 9.68. The quantitative estimate of drug-likeness (QED) is 0.209. The lowest BCUT2D eigenvalue weighted by Gasteiger charge is -2.36. The maximum absolute atomic E-state index is 2.42. The van der Waals surface area contributed by atoms with Gasteiger partial charge in [0.05, 0.1) is 0 Å². The molecule has 0 unspecified atom stereocenters. The summed E-state index contributed by atoms with van der Waals surface area (Å²) in [4.78, 5) is 2.70. The maximum Gasteiger partial charge on any atom is 0.0215 e. The molecule has 1 spiro atoms. The van der Waals surface area contributed by atoms with Crippen LogP contribution in [0.1, 0.15) is 43.2 Å². The van der Waals surface area contributed by atoms with E-state index in [0.717, 1.165) is 0 Å². The fraction of sp³-hybridized carbons (Fsp3) is 0.150. The summed E-state index contributed by atoms with van der Waals surface area (Å²) in [7, 11) is 0. The summed E-state index contributed by atoms with van der Waals surface area (Å²) in [6.07, 6.45) is 6.54. The van der Waals surface area contributed by atoms with Gasteiger partial charge in [-0.1, -0.05) is 128 Å². The number of hydrogen-bond acceptors (Lipinski definition) is 1. The molecule has 2 aliphatic carbocycles. The van der Waals surface area contributed by atoms with Crippen LogP contribution in [0.4, 0.5) is 0 Å². The van der Waals surface area contributed by atoms with Crippen LogP contribution in [0.5, 0.6) is 0 Å². The molecule has 0 aromatic heterocycles. The molecule has 0 bridgehead atoms. The van der Waals surface area contributed by atoms with E-state index >= 15 is 0 Å². The second-order valence-electron chi connectivity index (χ2n) is 12.0. The average Bonchev–Trinajstić information content (AvgIpc) is 3.31. The Morgan fingerprint density at radius 3 is 2.10 bits per heavy atom. The van der Waals surface area contributed by atoms with Crippen molar-refractivity contribution in [3.8, 4) is 44.5 Å². The van der Waals surface area contributed by atoms with E-state index in [1.807, 2.05) is 11.8 Å². The van der Waals surface area contributed by atoms with E-state index in [4.69, 9.17) is 0 Å². The molecule has 41 heavy (non-hydrogen) atoms. The largest absolute Gasteiger partial charge is 0.0888 e. The van der Waals surface area contributed by atoms with Gasteiger partial charge < -0.3 is 0 Å². The van der Waals surface area contributed by atoms with E-state index in [0.29, 0.717) is 0 Å². The predicted molar refractivity (Wildman–Crippen MR) is 174 cm³/mol. The first-order chi connectivity index (χ1) is 20.3. The zero-order valence-electron chi connectivity index (χ0n) is 23.0. The minimum atomic E-state index is 0.186. The van der Waals surface area contributed by atoms with Crippen molar-refractivity contribution in [1.29, 1.82) is 0 Å². The zero-order chi connectivity index (χ0) is 27.0. The molecule has 0 atom stereocenters. The van der Waals surface area contributed by atoms with Gasteiger partial charge in [-0.3, -0.25) is 0 Å². The van der Waals surface area contributed by atoms with Gasteiger partial charge in [0.25, 0.3) is 0 Å². The van der Waals surface area contributed by atoms with Crippen LogP contribution in [0.25, 0.3) is 55.3 Å². The summed E-state index contributed by atoms with van der Waals surface area (Å²) in [5.74, 6) is 0. The molecule has 3 aliphatic rings. The molecule has 0 saturated heterocycles. The van der Waals surface area contributed by atoms with Gasteiger partial charge in [-0.15, -0.1) is 0 Å². The van der Waals surface area contributed by atoms with Crippen LogP contribution in [-0.2, 0) is 5.41 Å². The molecule has 1 aliphatic heterocycles. The predicted octanol–water partition coefficient (Wildman–Crippen LogP) is 11.5. The monoisotopic (exact) mass is 542 g/mol. The van der Waals surface area contributed by atoms with E-state index < -0.39 is 0 Å². The average molecular weight is 543 g/mol. The van der Waals surface area contributed by atoms with Gasteiger partial charge in [0.15, 0.2) is 0 Å². The fourth-order valence-electron chi connectivity index (χ4n) is 8.05. The third kappa shape index (κ3) is 3.42. The minimum absolute atomic E-state index is 0.186. The number of hydrogen-bond donors (Lipinski definition) is 0. The van der Waals surface area contributed by atoms with Crippen molar-refractivity contribution in [3.63, 3.8) is 0 Å². The van der Waals surface area contributed by atoms with Crippen molar-refractivity contribution in [1.82, 2.24) is 0 Å². The van der Waals surface area contributed by atoms with Crippen LogP contribution in [-0.4, -0.2) is 0 Å². The Kier molecular flexibility index (Phi) is 5.16. The molecule has 1 heteroatoms. The first-order valence-electron chi connectivity index (χ1n) is 15.0. The second-order valence-corrected chi connectivity index (χ2v) is 13.1. The molecular formula is C40H30S. The van der Waals surface area contributed by atoms with Gasteiger partial charge in [0.1, 0.15) is 0 Å². The summed E-state index contributed by atoms with van der Waals surface area (Å²) < 4.78 is 0. The van der Waals surface area contributed by atoms with E-state index in [9.17, 15) is 0 Å². The van der Waals surface area contributed by atoms with Crippen molar-refractivity contribution in [2.75, 3.05) is 0 Å². The van der Waals surface area contributed by atoms with E-state index in [-0.39, 0.29) is 5.41 Å². The van der Waals surface area contributed by atoms with Gasteiger partial charge in [-0.05, 0) is 98.1 Å². The fourth-order valence-corrected chi connectivity index (χ4v) is 9.18. The van der Waals surface area contributed by atoms with Crippen LogP contribution in [0.15, 0.2) is 131 Å². The van der Waals surface area contributed by atoms with Gasteiger partial charge in [-0.2, -0.15) is 0 Å². The Morgan fingerprint density at radius 2 is 1.17 bits per heavy atom. The van der Waals surface area contributed by atoms with Crippen molar-refractivity contribution in [3.05, 3.63) is 132 Å². The number of rotatable bonds is 2. The first kappa shape index (κ1) is 23.6. The third-order valence-electron chi connectivity index (χ3n) is 9.86. The minimum Gasteiger partial charge on any atom is -0.0888 e. The van der Waals surface area contributed by atoms with E-state index in [2.05, 4.69) is 121 Å². The molecular weight excluding hydrogens is 513 g/mol. The van der Waals surface area contributed by atoms with E-state index in [1.165, 1.54) is 97.2 Å². The van der Waals surface area contributed by atoms with Crippen LogP contribution in [0.2, 0.25) is 0 Å². The molecule has 0 amide bonds. The Hall–Kier alpha value is -4.07. The molecule has 0 nitrogen and oxygen atoms in total. The molecule has 1 heterocycles. The number of benzene rings is 6. The standard InChI is InChI=1S/C40H30S/c1-4-22-40(23-5-1)34-17-3-2-14-32(34)39-30(15-9-18-35(39)40)29-13-6-12-27(24-29)28-20-21-36-33(25-28)31-16-7-10-26-11-8-19-37(41-36)38(26)31/h2-3,6-21,24-25H,1,4-5,22-23H2. The lowest BCUT2D eigenvalue weighted by Crippen LogP contribution is -2.27. The van der Waals surface area contributed by atoms with Crippen molar-refractivity contribution in [2.45, 2.75) is 47.3 Å². The molecule has 0 radical (unpaired) electrons. The molecule has 1 saturated carbocycles. The Bertz CT molecular complexity index is 2000. The Balaban J connectivity index is 1.19. The van der Waals surface area contributed by atoms with Crippen molar-refractivity contribution in [2.24, 2.45) is 0 Å². The topological polar surface area (TPSA) is 0 Å². The van der Waals surface area contributed by atoms with Gasteiger partial charge in [0, 0.05) is 20.6 Å². The van der Waals surface area contributed by atoms with Crippen molar-refractivity contribution < 1.29 is 0 Å². The van der Waals surface area contributed by atoms with Crippen LogP contribution in [0, 0.1) is 0 Å². The molecule has 1 fully saturated rings. The molecule has 6 aromatic carbocycles. The summed E-state index contributed by atoms with van der Waals surface area (Å²) in [6.45, 7) is 0. The summed E-state index contributed by atoms with van der Waals surface area (Å²) in [5.41, 5.74) is 14.1. The highest BCUT2D eigenvalue weighted by Gasteiger charge is 2.44. The zero-order valence-corrected chi connectivity index (χ0v) is 23.8. The van der Waals surface area contributed by atoms with Gasteiger partial charge in [-0.25, -0.2) is 0 Å². The van der Waals surface area contributed by atoms with Crippen LogP contribution < -0.4 is 0 Å². The number of fused-ring (bicyclic) bond motifs is 7.